The zero-order chi connectivity index (χ0) is 18.1. The van der Waals surface area contributed by atoms with E-state index in [1.54, 1.807) is 18.2 Å². The number of nitrogens with one attached hydrogen (secondary N) is 1. The Morgan fingerprint density at radius 1 is 1.23 bits per heavy atom. The van der Waals surface area contributed by atoms with Gasteiger partial charge < -0.3 is 10.1 Å². The second kappa shape index (κ2) is 6.76. The molecule has 26 heavy (non-hydrogen) atoms. The number of hydrogen-bond acceptors (Lipinski definition) is 5. The second-order valence-corrected chi connectivity index (χ2v) is 6.49. The quantitative estimate of drug-likeness (QED) is 0.743. The summed E-state index contributed by atoms with van der Waals surface area (Å²) >= 11 is 5.99. The molecule has 1 aliphatic carbocycles. The molecule has 1 aliphatic rings. The van der Waals surface area contributed by atoms with Crippen LogP contribution in [0.5, 0.6) is 5.75 Å². The van der Waals surface area contributed by atoms with E-state index < -0.39 is 0 Å². The molecule has 0 bridgehead atoms. The van der Waals surface area contributed by atoms with E-state index in [1.807, 2.05) is 28.9 Å². The van der Waals surface area contributed by atoms with E-state index in [1.165, 1.54) is 7.11 Å². The summed E-state index contributed by atoms with van der Waals surface area (Å²) in [4.78, 5) is 12.5. The molecule has 0 radical (unpaired) electrons. The molecule has 8 heteroatoms. The van der Waals surface area contributed by atoms with Gasteiger partial charge in [0.05, 0.1) is 18.7 Å². The van der Waals surface area contributed by atoms with Crippen LogP contribution in [-0.4, -0.2) is 33.2 Å². The highest BCUT2D eigenvalue weighted by Crippen LogP contribution is 2.36. The highest BCUT2D eigenvalue weighted by molar-refractivity contribution is 6.31. The molecule has 0 spiro atoms. The molecule has 0 atom stereocenters. The molecule has 1 aromatic heterocycles. The molecule has 1 heterocycles. The average Bonchev–Trinajstić information content (AvgIpc) is 3.39. The highest BCUT2D eigenvalue weighted by Gasteiger charge is 2.28. The third kappa shape index (κ3) is 3.25. The third-order valence-corrected chi connectivity index (χ3v) is 4.43. The first kappa shape index (κ1) is 16.5. The van der Waals surface area contributed by atoms with Gasteiger partial charge in [0.15, 0.2) is 5.82 Å². The van der Waals surface area contributed by atoms with Gasteiger partial charge in [0, 0.05) is 16.3 Å². The van der Waals surface area contributed by atoms with Crippen molar-refractivity contribution in [2.75, 3.05) is 12.4 Å². The number of methoxy groups -OCH3 is 1. The van der Waals surface area contributed by atoms with E-state index in [0.717, 1.165) is 24.2 Å². The Balaban J connectivity index is 1.53. The van der Waals surface area contributed by atoms with Crippen LogP contribution in [0, 0.1) is 0 Å². The molecule has 7 nitrogen and oxygen atoms in total. The number of aromatic nitrogens is 4. The van der Waals surface area contributed by atoms with Gasteiger partial charge in [0.2, 0.25) is 0 Å². The van der Waals surface area contributed by atoms with Crippen molar-refractivity contribution in [3.05, 3.63) is 53.1 Å². The summed E-state index contributed by atoms with van der Waals surface area (Å²) in [5.41, 5.74) is 1.94. The number of hydrogen-bond donors (Lipinski definition) is 1. The van der Waals surface area contributed by atoms with Gasteiger partial charge in [-0.05, 0) is 65.7 Å². The number of tetrazole rings is 1. The summed E-state index contributed by atoms with van der Waals surface area (Å²) in [6.45, 7) is 0. The number of anilines is 1. The predicted molar refractivity (Wildman–Crippen MR) is 97.5 cm³/mol. The third-order valence-electron chi connectivity index (χ3n) is 4.19. The van der Waals surface area contributed by atoms with E-state index in [0.29, 0.717) is 28.1 Å². The Labute approximate surface area is 154 Å². The normalized spacial score (nSPS) is 13.5. The summed E-state index contributed by atoms with van der Waals surface area (Å²) in [5.74, 6) is 0.911. The lowest BCUT2D eigenvalue weighted by Gasteiger charge is -2.10. The zero-order valence-corrected chi connectivity index (χ0v) is 14.8. The maximum Gasteiger partial charge on any atom is 0.259 e. The molecule has 0 aliphatic heterocycles. The Hall–Kier alpha value is -2.93. The minimum absolute atomic E-state index is 0.292. The molecule has 0 unspecified atom stereocenters. The number of benzene rings is 2. The van der Waals surface area contributed by atoms with Gasteiger partial charge in [-0.3, -0.25) is 4.79 Å². The Kier molecular flexibility index (Phi) is 4.30. The van der Waals surface area contributed by atoms with Crippen LogP contribution in [-0.2, 0) is 0 Å². The summed E-state index contributed by atoms with van der Waals surface area (Å²) < 4.78 is 7.08. The lowest BCUT2D eigenvalue weighted by atomic mass is 10.1. The van der Waals surface area contributed by atoms with Crippen molar-refractivity contribution >= 4 is 23.2 Å². The van der Waals surface area contributed by atoms with Crippen molar-refractivity contribution in [1.29, 1.82) is 0 Å². The Bertz CT molecular complexity index is 950. The van der Waals surface area contributed by atoms with Crippen LogP contribution >= 0.6 is 11.6 Å². The van der Waals surface area contributed by atoms with Gasteiger partial charge in [-0.2, -0.15) is 0 Å². The van der Waals surface area contributed by atoms with E-state index >= 15 is 0 Å². The molecular formula is C18H16ClN5O2. The zero-order valence-electron chi connectivity index (χ0n) is 14.0. The van der Waals surface area contributed by atoms with Crippen LogP contribution < -0.4 is 10.1 Å². The van der Waals surface area contributed by atoms with Crippen molar-refractivity contribution in [2.24, 2.45) is 0 Å². The Morgan fingerprint density at radius 3 is 2.69 bits per heavy atom. The topological polar surface area (TPSA) is 81.9 Å². The molecule has 4 rings (SSSR count). The number of amides is 1. The van der Waals surface area contributed by atoms with Gasteiger partial charge >= 0.3 is 0 Å². The van der Waals surface area contributed by atoms with E-state index in [-0.39, 0.29) is 5.91 Å². The number of carbonyl (C=O) groups excluding carboxylic acids is 1. The first-order chi connectivity index (χ1) is 12.7. The average molecular weight is 370 g/mol. The van der Waals surface area contributed by atoms with Gasteiger partial charge in [-0.15, -0.1) is 5.10 Å². The van der Waals surface area contributed by atoms with Crippen LogP contribution in [0.25, 0.3) is 11.4 Å². The molecular weight excluding hydrogens is 354 g/mol. The van der Waals surface area contributed by atoms with Gasteiger partial charge in [0.25, 0.3) is 5.91 Å². The maximum atomic E-state index is 12.5. The maximum absolute atomic E-state index is 12.5. The fraction of sp³-hybridized carbons (Fsp3) is 0.222. The molecule has 1 saturated carbocycles. The standard InChI is InChI=1S/C18H16ClN5O2/c1-26-16-9-4-12(19)10-15(16)18(25)20-13-5-2-11(3-6-13)17-21-22-23-24(17)14-7-8-14/h2-6,9-10,14H,7-8H2,1H3,(H,20,25). The number of carbonyl (C=O) groups is 1. The SMILES string of the molecule is COc1ccc(Cl)cc1C(=O)Nc1ccc(-c2nnnn2C2CC2)cc1. The second-order valence-electron chi connectivity index (χ2n) is 6.05. The van der Waals surface area contributed by atoms with Gasteiger partial charge in [0.1, 0.15) is 5.75 Å². The smallest absolute Gasteiger partial charge is 0.259 e. The van der Waals surface area contributed by atoms with Crippen molar-refractivity contribution < 1.29 is 9.53 Å². The van der Waals surface area contributed by atoms with Gasteiger partial charge in [-0.1, -0.05) is 11.6 Å². The lowest BCUT2D eigenvalue weighted by molar-refractivity contribution is 0.102. The molecule has 1 amide bonds. The fourth-order valence-corrected chi connectivity index (χ4v) is 2.88. The van der Waals surface area contributed by atoms with Gasteiger partial charge in [-0.25, -0.2) is 4.68 Å². The first-order valence-electron chi connectivity index (χ1n) is 8.19. The molecule has 3 aromatic rings. The monoisotopic (exact) mass is 369 g/mol. The van der Waals surface area contributed by atoms with E-state index in [2.05, 4.69) is 20.8 Å². The highest BCUT2D eigenvalue weighted by atomic mass is 35.5. The molecule has 1 N–H and O–H groups in total. The van der Waals surface area contributed by atoms with Crippen LogP contribution in [0.3, 0.4) is 0 Å². The lowest BCUT2D eigenvalue weighted by Crippen LogP contribution is -2.13. The van der Waals surface area contributed by atoms with Crippen LogP contribution in [0.1, 0.15) is 29.2 Å². The largest absolute Gasteiger partial charge is 0.496 e. The van der Waals surface area contributed by atoms with Crippen molar-refractivity contribution in [3.63, 3.8) is 0 Å². The summed E-state index contributed by atoms with van der Waals surface area (Å²) in [5, 5.41) is 15.2. The summed E-state index contributed by atoms with van der Waals surface area (Å²) in [7, 11) is 1.51. The van der Waals surface area contributed by atoms with E-state index in [4.69, 9.17) is 16.3 Å². The van der Waals surface area contributed by atoms with Crippen LogP contribution in [0.15, 0.2) is 42.5 Å². The fourth-order valence-electron chi connectivity index (χ4n) is 2.71. The van der Waals surface area contributed by atoms with Crippen molar-refractivity contribution in [3.8, 4) is 17.1 Å². The number of ether oxygens (including phenoxy) is 1. The summed E-state index contributed by atoms with van der Waals surface area (Å²) in [6.07, 6.45) is 2.21. The number of rotatable bonds is 5. The predicted octanol–water partition coefficient (Wildman–Crippen LogP) is 3.59. The Morgan fingerprint density at radius 2 is 2.00 bits per heavy atom. The van der Waals surface area contributed by atoms with Crippen molar-refractivity contribution in [1.82, 2.24) is 20.2 Å². The van der Waals surface area contributed by atoms with Crippen molar-refractivity contribution in [2.45, 2.75) is 18.9 Å². The van der Waals surface area contributed by atoms with Crippen LogP contribution in [0.2, 0.25) is 5.02 Å². The molecule has 0 saturated heterocycles. The summed E-state index contributed by atoms with van der Waals surface area (Å²) in [6, 6.07) is 12.7. The number of nitrogens with zero attached hydrogens (tertiary/aromatic N) is 4. The van der Waals surface area contributed by atoms with E-state index in [9.17, 15) is 4.79 Å². The minimum atomic E-state index is -0.292. The minimum Gasteiger partial charge on any atom is -0.496 e. The first-order valence-corrected chi connectivity index (χ1v) is 8.56. The molecule has 132 valence electrons. The number of halogens is 1. The molecule has 1 fully saturated rings. The van der Waals surface area contributed by atoms with Crippen LogP contribution in [0.4, 0.5) is 5.69 Å². The molecule has 2 aromatic carbocycles.